The molecule has 2 aromatic carbocycles. The van der Waals surface area contributed by atoms with Crippen LogP contribution in [-0.2, 0) is 17.4 Å². The van der Waals surface area contributed by atoms with Crippen LogP contribution in [0.3, 0.4) is 0 Å². The van der Waals surface area contributed by atoms with Crippen molar-refractivity contribution < 1.29 is 5.11 Å². The molecule has 1 aliphatic heterocycles. The molecule has 1 aliphatic rings. The minimum atomic E-state index is -0.0819. The Hall–Kier alpha value is -2.00. The van der Waals surface area contributed by atoms with Gasteiger partial charge in [0.15, 0.2) is 0 Å². The fourth-order valence-electron chi connectivity index (χ4n) is 4.41. The van der Waals surface area contributed by atoms with Crippen molar-refractivity contribution in [3.63, 3.8) is 0 Å². The Morgan fingerprint density at radius 2 is 1.37 bits per heavy atom. The molecule has 0 radical (unpaired) electrons. The van der Waals surface area contributed by atoms with E-state index < -0.39 is 0 Å². The molecule has 0 atom stereocenters. The highest BCUT2D eigenvalue weighted by atomic mass is 16.3. The number of anilines is 1. The highest BCUT2D eigenvalue weighted by Crippen LogP contribution is 2.40. The maximum atomic E-state index is 11.0. The average Bonchev–Trinajstić information content (AvgIpc) is 2.64. The average molecular weight is 409 g/mol. The highest BCUT2D eigenvalue weighted by molar-refractivity contribution is 5.56. The van der Waals surface area contributed by atoms with E-state index in [2.05, 4.69) is 95.5 Å². The molecule has 1 fully saturated rings. The van der Waals surface area contributed by atoms with Crippen molar-refractivity contribution in [1.82, 2.24) is 4.90 Å². The normalized spacial score (nSPS) is 16.2. The summed E-state index contributed by atoms with van der Waals surface area (Å²) < 4.78 is 0. The van der Waals surface area contributed by atoms with Gasteiger partial charge >= 0.3 is 0 Å². The number of rotatable bonds is 3. The van der Waals surface area contributed by atoms with Gasteiger partial charge in [-0.15, -0.1) is 0 Å². The number of phenolic OH excluding ortho intramolecular Hbond substituents is 1. The second-order valence-corrected chi connectivity index (χ2v) is 11.0. The predicted molar refractivity (Wildman–Crippen MR) is 129 cm³/mol. The maximum Gasteiger partial charge on any atom is 0.123 e. The van der Waals surface area contributed by atoms with Crippen molar-refractivity contribution in [3.05, 3.63) is 58.1 Å². The smallest absolute Gasteiger partial charge is 0.123 e. The first kappa shape index (κ1) is 22.7. The highest BCUT2D eigenvalue weighted by Gasteiger charge is 2.27. The van der Waals surface area contributed by atoms with Crippen LogP contribution < -0.4 is 4.90 Å². The molecule has 0 spiro atoms. The molecule has 30 heavy (non-hydrogen) atoms. The summed E-state index contributed by atoms with van der Waals surface area (Å²) in [5.74, 6) is 0.471. The number of phenols is 1. The number of hydrogen-bond donors (Lipinski definition) is 1. The Balaban J connectivity index is 1.78. The Kier molecular flexibility index (Phi) is 6.25. The molecule has 3 heteroatoms. The molecule has 0 unspecified atom stereocenters. The third-order valence-corrected chi connectivity index (χ3v) is 6.48. The Bertz CT molecular complexity index is 859. The van der Waals surface area contributed by atoms with Gasteiger partial charge in [-0.05, 0) is 58.6 Å². The lowest BCUT2D eigenvalue weighted by molar-refractivity contribution is 0.249. The lowest BCUT2D eigenvalue weighted by atomic mass is 9.78. The third kappa shape index (κ3) is 4.83. The minimum absolute atomic E-state index is 0.0819. The second kappa shape index (κ2) is 8.26. The molecular weight excluding hydrogens is 368 g/mol. The zero-order valence-electron chi connectivity index (χ0n) is 20.3. The van der Waals surface area contributed by atoms with Crippen molar-refractivity contribution in [2.45, 2.75) is 72.8 Å². The van der Waals surface area contributed by atoms with E-state index in [-0.39, 0.29) is 10.8 Å². The summed E-state index contributed by atoms with van der Waals surface area (Å²) in [7, 11) is 0. The molecule has 2 aromatic rings. The zero-order valence-corrected chi connectivity index (χ0v) is 20.3. The lowest BCUT2D eigenvalue weighted by Crippen LogP contribution is -2.46. The van der Waals surface area contributed by atoms with Crippen molar-refractivity contribution in [3.8, 4) is 5.75 Å². The van der Waals surface area contributed by atoms with Gasteiger partial charge in [0, 0.05) is 38.4 Å². The Morgan fingerprint density at radius 3 is 1.87 bits per heavy atom. The molecule has 164 valence electrons. The van der Waals surface area contributed by atoms with Gasteiger partial charge < -0.3 is 10.0 Å². The second-order valence-electron chi connectivity index (χ2n) is 11.0. The first-order valence-electron chi connectivity index (χ1n) is 11.3. The maximum absolute atomic E-state index is 11.0. The van der Waals surface area contributed by atoms with E-state index in [1.54, 1.807) is 0 Å². The predicted octanol–water partition coefficient (Wildman–Crippen LogP) is 5.93. The number of piperazine rings is 1. The van der Waals surface area contributed by atoms with E-state index in [1.807, 2.05) is 0 Å². The molecule has 0 aromatic heterocycles. The van der Waals surface area contributed by atoms with E-state index in [9.17, 15) is 5.11 Å². The van der Waals surface area contributed by atoms with E-state index in [0.717, 1.165) is 43.9 Å². The summed E-state index contributed by atoms with van der Waals surface area (Å²) in [6, 6.07) is 11.1. The summed E-state index contributed by atoms with van der Waals surface area (Å²) in [4.78, 5) is 5.07. The SMILES string of the molecule is Cc1cccc(N2CCN(Cc3cc(C(C)(C)C)c(O)c(C(C)(C)C)c3)CC2)c1C. The van der Waals surface area contributed by atoms with Gasteiger partial charge in [-0.1, -0.05) is 65.8 Å². The molecule has 0 aliphatic carbocycles. The zero-order chi connectivity index (χ0) is 22.3. The molecule has 0 amide bonds. The van der Waals surface area contributed by atoms with E-state index in [4.69, 9.17) is 0 Å². The van der Waals surface area contributed by atoms with Crippen molar-refractivity contribution in [2.75, 3.05) is 31.1 Å². The number of aromatic hydroxyl groups is 1. The standard InChI is InChI=1S/C27H40N2O/c1-19-10-9-11-24(20(19)2)29-14-12-28(13-15-29)18-21-16-22(26(3,4)5)25(30)23(17-21)27(6,7)8/h9-11,16-17,30H,12-15,18H2,1-8H3. The molecule has 0 bridgehead atoms. The van der Waals surface area contributed by atoms with Crippen molar-refractivity contribution >= 4 is 5.69 Å². The first-order valence-corrected chi connectivity index (χ1v) is 11.3. The molecule has 1 heterocycles. The lowest BCUT2D eigenvalue weighted by Gasteiger charge is -2.37. The molecule has 1 saturated heterocycles. The van der Waals surface area contributed by atoms with Crippen LogP contribution in [0, 0.1) is 13.8 Å². The van der Waals surface area contributed by atoms with Gasteiger partial charge in [0.1, 0.15) is 5.75 Å². The number of hydrogen-bond acceptors (Lipinski definition) is 3. The number of aryl methyl sites for hydroxylation is 1. The largest absolute Gasteiger partial charge is 0.507 e. The monoisotopic (exact) mass is 408 g/mol. The van der Waals surface area contributed by atoms with Crippen molar-refractivity contribution in [1.29, 1.82) is 0 Å². The molecular formula is C27H40N2O. The van der Waals surface area contributed by atoms with Crippen LogP contribution in [0.5, 0.6) is 5.75 Å². The van der Waals surface area contributed by atoms with Gasteiger partial charge in [0.05, 0.1) is 0 Å². The van der Waals surface area contributed by atoms with Crippen molar-refractivity contribution in [2.24, 2.45) is 0 Å². The molecule has 3 nitrogen and oxygen atoms in total. The van der Waals surface area contributed by atoms with Crippen LogP contribution in [0.2, 0.25) is 0 Å². The Morgan fingerprint density at radius 1 is 0.833 bits per heavy atom. The quantitative estimate of drug-likeness (QED) is 0.682. The summed E-state index contributed by atoms with van der Waals surface area (Å²) in [6.07, 6.45) is 0. The van der Waals surface area contributed by atoms with Crippen LogP contribution in [0.25, 0.3) is 0 Å². The van der Waals surface area contributed by atoms with E-state index in [1.165, 1.54) is 22.4 Å². The first-order chi connectivity index (χ1) is 13.9. The topological polar surface area (TPSA) is 26.7 Å². The number of nitrogens with zero attached hydrogens (tertiary/aromatic N) is 2. The van der Waals surface area contributed by atoms with Crippen LogP contribution >= 0.6 is 0 Å². The fourth-order valence-corrected chi connectivity index (χ4v) is 4.41. The van der Waals surface area contributed by atoms with Gasteiger partial charge in [-0.25, -0.2) is 0 Å². The van der Waals surface area contributed by atoms with Crippen LogP contribution in [-0.4, -0.2) is 36.2 Å². The summed E-state index contributed by atoms with van der Waals surface area (Å²) in [5, 5.41) is 11.0. The molecule has 0 saturated carbocycles. The van der Waals surface area contributed by atoms with Crippen LogP contribution in [0.1, 0.15) is 69.4 Å². The molecule has 1 N–H and O–H groups in total. The van der Waals surface area contributed by atoms with E-state index >= 15 is 0 Å². The minimum Gasteiger partial charge on any atom is -0.507 e. The summed E-state index contributed by atoms with van der Waals surface area (Å²) >= 11 is 0. The van der Waals surface area contributed by atoms with Gasteiger partial charge in [0.25, 0.3) is 0 Å². The van der Waals surface area contributed by atoms with E-state index in [0.29, 0.717) is 5.75 Å². The summed E-state index contributed by atoms with van der Waals surface area (Å²) in [6.45, 7) is 22.7. The number of benzene rings is 2. The van der Waals surface area contributed by atoms with Crippen LogP contribution in [0.15, 0.2) is 30.3 Å². The Labute approximate surface area is 183 Å². The fraction of sp³-hybridized carbons (Fsp3) is 0.556. The van der Waals surface area contributed by atoms with Crippen LogP contribution in [0.4, 0.5) is 5.69 Å². The third-order valence-electron chi connectivity index (χ3n) is 6.48. The van der Waals surface area contributed by atoms with Gasteiger partial charge in [-0.2, -0.15) is 0 Å². The summed E-state index contributed by atoms with van der Waals surface area (Å²) in [5.41, 5.74) is 7.39. The molecule has 3 rings (SSSR count). The van der Waals surface area contributed by atoms with Gasteiger partial charge in [-0.3, -0.25) is 4.90 Å². The van der Waals surface area contributed by atoms with Gasteiger partial charge in [0.2, 0.25) is 0 Å².